The first-order chi connectivity index (χ1) is 8.50. The number of rotatable bonds is 7. The summed E-state index contributed by atoms with van der Waals surface area (Å²) in [5.74, 6) is -0.569. The second kappa shape index (κ2) is 6.83. The van der Waals surface area contributed by atoms with Gasteiger partial charge in [0.05, 0.1) is 0 Å². The molecule has 2 nitrogen and oxygen atoms in total. The van der Waals surface area contributed by atoms with E-state index in [1.54, 1.807) is 0 Å². The lowest BCUT2D eigenvalue weighted by atomic mass is 9.90. The largest absolute Gasteiger partial charge is 0.480 e. The summed E-state index contributed by atoms with van der Waals surface area (Å²) < 4.78 is -0.753. The van der Waals surface area contributed by atoms with Gasteiger partial charge in [-0.05, 0) is 31.4 Å². The summed E-state index contributed by atoms with van der Waals surface area (Å²) in [7, 11) is 0. The highest BCUT2D eigenvalue weighted by molar-refractivity contribution is 8.01. The zero-order valence-corrected chi connectivity index (χ0v) is 12.2. The molecule has 0 saturated heterocycles. The Morgan fingerprint density at radius 1 is 1.39 bits per heavy atom. The first kappa shape index (κ1) is 15.1. The quantitative estimate of drug-likeness (QED) is 0.741. The van der Waals surface area contributed by atoms with Gasteiger partial charge in [-0.25, -0.2) is 0 Å². The van der Waals surface area contributed by atoms with Gasteiger partial charge in [0.1, 0.15) is 4.75 Å². The highest BCUT2D eigenvalue weighted by atomic mass is 32.2. The maximum atomic E-state index is 11.6. The van der Waals surface area contributed by atoms with Gasteiger partial charge in [-0.2, -0.15) is 0 Å². The summed E-state index contributed by atoms with van der Waals surface area (Å²) >= 11 is 1.46. The van der Waals surface area contributed by atoms with Crippen molar-refractivity contribution in [2.45, 2.75) is 49.7 Å². The van der Waals surface area contributed by atoms with E-state index in [1.807, 2.05) is 44.2 Å². The minimum atomic E-state index is -0.753. The van der Waals surface area contributed by atoms with Gasteiger partial charge >= 0.3 is 5.97 Å². The standard InChI is InChI=1S/C15H22O2S/c1-4-5-9-12(2)15(3,14(16)17)18-13-10-7-6-8-11-13/h6-8,10-12H,4-5,9H2,1-3H3,(H,16,17). The van der Waals surface area contributed by atoms with Crippen LogP contribution in [0.15, 0.2) is 35.2 Å². The predicted octanol–water partition coefficient (Wildman–Crippen LogP) is 4.45. The number of hydrogen-bond donors (Lipinski definition) is 1. The molecule has 0 aliphatic heterocycles. The van der Waals surface area contributed by atoms with Crippen molar-refractivity contribution in [1.82, 2.24) is 0 Å². The number of hydrogen-bond acceptors (Lipinski definition) is 2. The Labute approximate surface area is 114 Å². The number of carboxylic acid groups (broad SMARTS) is 1. The van der Waals surface area contributed by atoms with Crippen LogP contribution in [0.3, 0.4) is 0 Å². The van der Waals surface area contributed by atoms with Gasteiger partial charge in [-0.15, -0.1) is 11.8 Å². The predicted molar refractivity (Wildman–Crippen MR) is 77.0 cm³/mol. The van der Waals surface area contributed by atoms with Gasteiger partial charge in [0.2, 0.25) is 0 Å². The van der Waals surface area contributed by atoms with Crippen LogP contribution >= 0.6 is 11.8 Å². The van der Waals surface area contributed by atoms with Crippen molar-refractivity contribution in [2.24, 2.45) is 5.92 Å². The Morgan fingerprint density at radius 3 is 2.50 bits per heavy atom. The molecule has 0 bridgehead atoms. The van der Waals surface area contributed by atoms with Crippen LogP contribution < -0.4 is 0 Å². The van der Waals surface area contributed by atoms with E-state index in [9.17, 15) is 9.90 Å². The summed E-state index contributed by atoms with van der Waals surface area (Å²) in [4.78, 5) is 12.6. The Hall–Kier alpha value is -0.960. The summed E-state index contributed by atoms with van der Waals surface area (Å²) in [6.07, 6.45) is 3.15. The molecule has 3 heteroatoms. The molecule has 100 valence electrons. The molecule has 1 N–H and O–H groups in total. The maximum absolute atomic E-state index is 11.6. The van der Waals surface area contributed by atoms with E-state index in [-0.39, 0.29) is 5.92 Å². The van der Waals surface area contributed by atoms with Crippen molar-refractivity contribution in [3.05, 3.63) is 30.3 Å². The van der Waals surface area contributed by atoms with Gasteiger partial charge < -0.3 is 5.11 Å². The molecule has 0 aromatic heterocycles. The molecule has 0 aliphatic carbocycles. The fourth-order valence-electron chi connectivity index (χ4n) is 1.87. The molecule has 2 unspecified atom stereocenters. The zero-order chi connectivity index (χ0) is 13.6. The first-order valence-electron chi connectivity index (χ1n) is 6.48. The van der Waals surface area contributed by atoms with Gasteiger partial charge in [-0.3, -0.25) is 4.79 Å². The molecule has 1 aromatic carbocycles. The zero-order valence-electron chi connectivity index (χ0n) is 11.3. The van der Waals surface area contributed by atoms with Crippen LogP contribution in [0, 0.1) is 5.92 Å². The number of benzene rings is 1. The van der Waals surface area contributed by atoms with Crippen LogP contribution in [0.2, 0.25) is 0 Å². The van der Waals surface area contributed by atoms with Gasteiger partial charge in [-0.1, -0.05) is 44.9 Å². The smallest absolute Gasteiger partial charge is 0.320 e. The van der Waals surface area contributed by atoms with Gasteiger partial charge in [0.15, 0.2) is 0 Å². The Bertz CT molecular complexity index is 377. The monoisotopic (exact) mass is 266 g/mol. The normalized spacial score (nSPS) is 15.9. The van der Waals surface area contributed by atoms with E-state index in [4.69, 9.17) is 0 Å². The van der Waals surface area contributed by atoms with Crippen molar-refractivity contribution in [3.63, 3.8) is 0 Å². The highest BCUT2D eigenvalue weighted by Crippen LogP contribution is 2.40. The van der Waals surface area contributed by atoms with Gasteiger partial charge in [0.25, 0.3) is 0 Å². The van der Waals surface area contributed by atoms with Crippen molar-refractivity contribution >= 4 is 17.7 Å². The lowest BCUT2D eigenvalue weighted by molar-refractivity contribution is -0.140. The second-order valence-corrected chi connectivity index (χ2v) is 6.39. The summed E-state index contributed by atoms with van der Waals surface area (Å²) in [6, 6.07) is 9.78. The average molecular weight is 266 g/mol. The number of aliphatic carboxylic acids is 1. The molecule has 0 spiro atoms. The lowest BCUT2D eigenvalue weighted by Crippen LogP contribution is -2.38. The Morgan fingerprint density at radius 2 is 2.00 bits per heavy atom. The van der Waals surface area contributed by atoms with Crippen LogP contribution in [0.5, 0.6) is 0 Å². The molecule has 0 fully saturated rings. The van der Waals surface area contributed by atoms with E-state index in [2.05, 4.69) is 6.92 Å². The third-order valence-corrected chi connectivity index (χ3v) is 4.94. The average Bonchev–Trinajstić information content (AvgIpc) is 2.36. The summed E-state index contributed by atoms with van der Waals surface area (Å²) in [6.45, 7) is 6.02. The van der Waals surface area contributed by atoms with E-state index in [0.717, 1.165) is 24.2 Å². The van der Waals surface area contributed by atoms with Crippen molar-refractivity contribution in [3.8, 4) is 0 Å². The summed E-state index contributed by atoms with van der Waals surface area (Å²) in [5.41, 5.74) is 0. The molecular formula is C15H22O2S. The van der Waals surface area contributed by atoms with Crippen LogP contribution in [0.25, 0.3) is 0 Å². The van der Waals surface area contributed by atoms with Crippen LogP contribution in [0.4, 0.5) is 0 Å². The molecule has 0 aliphatic rings. The molecular weight excluding hydrogens is 244 g/mol. The molecule has 1 aromatic rings. The SMILES string of the molecule is CCCCC(C)C(C)(Sc1ccccc1)C(=O)O. The lowest BCUT2D eigenvalue weighted by Gasteiger charge is -2.31. The third-order valence-electron chi connectivity index (χ3n) is 3.43. The molecule has 0 saturated carbocycles. The minimum Gasteiger partial charge on any atom is -0.480 e. The molecule has 1 rings (SSSR count). The number of carbonyl (C=O) groups is 1. The third kappa shape index (κ3) is 3.77. The van der Waals surface area contributed by atoms with E-state index in [1.165, 1.54) is 11.8 Å². The molecule has 2 atom stereocenters. The van der Waals surface area contributed by atoms with Crippen LogP contribution in [-0.2, 0) is 4.79 Å². The number of unbranched alkanes of at least 4 members (excludes halogenated alkanes) is 1. The van der Waals surface area contributed by atoms with Crippen molar-refractivity contribution < 1.29 is 9.90 Å². The molecule has 0 amide bonds. The highest BCUT2D eigenvalue weighted by Gasteiger charge is 2.39. The second-order valence-electron chi connectivity index (χ2n) is 4.87. The minimum absolute atomic E-state index is 0.153. The topological polar surface area (TPSA) is 37.3 Å². The molecule has 0 radical (unpaired) electrons. The molecule has 0 heterocycles. The maximum Gasteiger partial charge on any atom is 0.320 e. The van der Waals surface area contributed by atoms with E-state index < -0.39 is 10.7 Å². The van der Waals surface area contributed by atoms with Gasteiger partial charge in [0, 0.05) is 4.90 Å². The van der Waals surface area contributed by atoms with E-state index in [0.29, 0.717) is 0 Å². The summed E-state index contributed by atoms with van der Waals surface area (Å²) in [5, 5.41) is 9.54. The first-order valence-corrected chi connectivity index (χ1v) is 7.29. The number of thioether (sulfide) groups is 1. The fourth-order valence-corrected chi connectivity index (χ4v) is 3.06. The number of carboxylic acids is 1. The van der Waals surface area contributed by atoms with Crippen LogP contribution in [0.1, 0.15) is 40.0 Å². The van der Waals surface area contributed by atoms with E-state index >= 15 is 0 Å². The Balaban J connectivity index is 2.83. The van der Waals surface area contributed by atoms with Crippen LogP contribution in [-0.4, -0.2) is 15.8 Å². The van der Waals surface area contributed by atoms with Crippen molar-refractivity contribution in [2.75, 3.05) is 0 Å². The fraction of sp³-hybridized carbons (Fsp3) is 0.533. The Kier molecular flexibility index (Phi) is 5.73. The molecule has 18 heavy (non-hydrogen) atoms. The van der Waals surface area contributed by atoms with Crippen molar-refractivity contribution in [1.29, 1.82) is 0 Å².